The van der Waals surface area contributed by atoms with Crippen LogP contribution in [0, 0.1) is 0 Å². The Morgan fingerprint density at radius 1 is 0.550 bits per heavy atom. The molecule has 0 unspecified atom stereocenters. The van der Waals surface area contributed by atoms with Crippen molar-refractivity contribution in [3.8, 4) is 0 Å². The fourth-order valence-electron chi connectivity index (χ4n) is 3.85. The molecule has 20 heavy (non-hydrogen) atoms. The summed E-state index contributed by atoms with van der Waals surface area (Å²) >= 11 is 0. The summed E-state index contributed by atoms with van der Waals surface area (Å²) in [7, 11) is 1.44. The monoisotopic (exact) mass is 278 g/mol. The summed E-state index contributed by atoms with van der Waals surface area (Å²) in [6.45, 7) is 7.26. The summed E-state index contributed by atoms with van der Waals surface area (Å²) in [4.78, 5) is 0. The molecule has 0 aromatic carbocycles. The zero-order valence-electron chi connectivity index (χ0n) is 14.7. The van der Waals surface area contributed by atoms with Crippen LogP contribution in [0.2, 0.25) is 11.1 Å². The van der Waals surface area contributed by atoms with Gasteiger partial charge < -0.3 is 0 Å². The number of hydrogen-bond donors (Lipinski definition) is 0. The highest BCUT2D eigenvalue weighted by Gasteiger charge is 2.20. The molecule has 0 nitrogen and oxygen atoms in total. The molecule has 0 bridgehead atoms. The van der Waals surface area contributed by atoms with Crippen LogP contribution in [0.25, 0.3) is 0 Å². The predicted octanol–water partition coefficient (Wildman–Crippen LogP) is 6.90. The van der Waals surface area contributed by atoms with Gasteiger partial charge in [0.05, 0.1) is 0 Å². The lowest BCUT2D eigenvalue weighted by molar-refractivity contribution is 0.536. The molecule has 1 aliphatic rings. The van der Waals surface area contributed by atoms with Crippen molar-refractivity contribution in [2.24, 2.45) is 0 Å². The number of rotatable bonds is 1. The molecule has 0 N–H and O–H groups in total. The van der Waals surface area contributed by atoms with Crippen LogP contribution in [0.15, 0.2) is 0 Å². The fourth-order valence-corrected chi connectivity index (χ4v) is 3.85. The van der Waals surface area contributed by atoms with Crippen molar-refractivity contribution in [2.45, 2.75) is 122 Å². The lowest BCUT2D eigenvalue weighted by Gasteiger charge is -2.24. The maximum absolute atomic E-state index is 2.42. The Morgan fingerprint density at radius 2 is 0.850 bits per heavy atom. The molecular weight excluding hydrogens is 239 g/mol. The summed E-state index contributed by atoms with van der Waals surface area (Å²) in [6, 6.07) is 0. The van der Waals surface area contributed by atoms with Crippen LogP contribution in [0.3, 0.4) is 0 Å². The van der Waals surface area contributed by atoms with Crippen LogP contribution in [0.1, 0.15) is 111 Å². The minimum atomic E-state index is 0.521. The van der Waals surface area contributed by atoms with Gasteiger partial charge in [-0.3, -0.25) is 0 Å². The largest absolute Gasteiger partial charge is 0.130 e. The zero-order chi connectivity index (χ0) is 14.7. The Hall–Kier alpha value is 0.0649. The van der Waals surface area contributed by atoms with Crippen molar-refractivity contribution in [1.29, 1.82) is 0 Å². The molecule has 1 fully saturated rings. The second-order valence-corrected chi connectivity index (χ2v) is 8.45. The second kappa shape index (κ2) is 10.7. The van der Waals surface area contributed by atoms with Crippen molar-refractivity contribution < 1.29 is 0 Å². The molecule has 1 rings (SSSR count). The minimum absolute atomic E-state index is 0.521. The third-order valence-corrected chi connectivity index (χ3v) is 4.88. The predicted molar refractivity (Wildman–Crippen MR) is 95.3 cm³/mol. The third kappa shape index (κ3) is 10.8. The lowest BCUT2D eigenvalue weighted by Crippen LogP contribution is -2.15. The van der Waals surface area contributed by atoms with Crippen LogP contribution in [0.4, 0.5) is 0 Å². The molecule has 0 saturated heterocycles. The summed E-state index contributed by atoms with van der Waals surface area (Å²) in [5, 5.41) is 0.521. The van der Waals surface area contributed by atoms with Crippen LogP contribution in [-0.4, -0.2) is 7.28 Å². The Morgan fingerprint density at radius 3 is 1.15 bits per heavy atom. The van der Waals surface area contributed by atoms with E-state index >= 15 is 0 Å². The molecule has 1 heteroatoms. The van der Waals surface area contributed by atoms with Crippen molar-refractivity contribution >= 4 is 7.28 Å². The van der Waals surface area contributed by atoms with Gasteiger partial charge in [-0.15, -0.1) is 0 Å². The minimum Gasteiger partial charge on any atom is -0.0671 e. The third-order valence-electron chi connectivity index (χ3n) is 4.88. The van der Waals surface area contributed by atoms with Gasteiger partial charge in [0.15, 0.2) is 0 Å². The van der Waals surface area contributed by atoms with E-state index in [-0.39, 0.29) is 0 Å². The molecule has 1 saturated carbocycles. The van der Waals surface area contributed by atoms with E-state index in [1.54, 1.807) is 0 Å². The fraction of sp³-hybridized carbons (Fsp3) is 1.00. The molecule has 0 aliphatic heterocycles. The first kappa shape index (κ1) is 18.1. The maximum atomic E-state index is 2.42. The first-order valence-electron chi connectivity index (χ1n) is 9.58. The van der Waals surface area contributed by atoms with Crippen LogP contribution in [0.5, 0.6) is 0 Å². The highest BCUT2D eigenvalue weighted by atomic mass is 14.1. The molecule has 118 valence electrons. The normalized spacial score (nSPS) is 22.8. The SMILES string of the molecule is CC(C)(C)BC1CCCCCCCCCCCCCC1. The van der Waals surface area contributed by atoms with E-state index in [9.17, 15) is 0 Å². The van der Waals surface area contributed by atoms with Crippen molar-refractivity contribution in [3.63, 3.8) is 0 Å². The Balaban J connectivity index is 2.32. The van der Waals surface area contributed by atoms with E-state index in [4.69, 9.17) is 0 Å². The van der Waals surface area contributed by atoms with Gasteiger partial charge in [-0.1, -0.05) is 122 Å². The van der Waals surface area contributed by atoms with Gasteiger partial charge >= 0.3 is 0 Å². The number of hydrogen-bond acceptors (Lipinski definition) is 0. The molecular formula is C19H39B. The lowest BCUT2D eigenvalue weighted by atomic mass is 9.46. The highest BCUT2D eigenvalue weighted by Crippen LogP contribution is 2.32. The first-order valence-corrected chi connectivity index (χ1v) is 9.58. The first-order chi connectivity index (χ1) is 9.58. The van der Waals surface area contributed by atoms with Crippen LogP contribution < -0.4 is 0 Å². The van der Waals surface area contributed by atoms with Gasteiger partial charge in [0.1, 0.15) is 7.28 Å². The Labute approximate surface area is 129 Å². The van der Waals surface area contributed by atoms with E-state index in [0.29, 0.717) is 5.31 Å². The van der Waals surface area contributed by atoms with Crippen molar-refractivity contribution in [1.82, 2.24) is 0 Å². The van der Waals surface area contributed by atoms with Gasteiger partial charge in [-0.2, -0.15) is 0 Å². The maximum Gasteiger partial charge on any atom is 0.130 e. The van der Waals surface area contributed by atoms with Gasteiger partial charge in [0.25, 0.3) is 0 Å². The van der Waals surface area contributed by atoms with E-state index < -0.39 is 0 Å². The van der Waals surface area contributed by atoms with E-state index in [1.165, 1.54) is 97.2 Å². The molecule has 0 aromatic heterocycles. The van der Waals surface area contributed by atoms with Crippen LogP contribution in [-0.2, 0) is 0 Å². The van der Waals surface area contributed by atoms with Gasteiger partial charge in [0, 0.05) is 0 Å². The van der Waals surface area contributed by atoms with Gasteiger partial charge in [-0.05, 0) is 0 Å². The summed E-state index contributed by atoms with van der Waals surface area (Å²) in [6.07, 6.45) is 20.9. The average molecular weight is 278 g/mol. The Kier molecular flexibility index (Phi) is 9.73. The second-order valence-electron chi connectivity index (χ2n) is 8.45. The molecule has 0 atom stereocenters. The topological polar surface area (TPSA) is 0 Å². The quantitative estimate of drug-likeness (QED) is 0.457. The Bertz CT molecular complexity index is 200. The average Bonchev–Trinajstić information content (AvgIpc) is 2.37. The summed E-state index contributed by atoms with van der Waals surface area (Å²) in [5.74, 6) is 1.00. The van der Waals surface area contributed by atoms with Crippen molar-refractivity contribution in [2.75, 3.05) is 0 Å². The molecule has 1 aliphatic carbocycles. The van der Waals surface area contributed by atoms with E-state index in [2.05, 4.69) is 20.8 Å². The van der Waals surface area contributed by atoms with E-state index in [0.717, 1.165) is 5.82 Å². The molecule has 0 aromatic rings. The van der Waals surface area contributed by atoms with Crippen molar-refractivity contribution in [3.05, 3.63) is 0 Å². The molecule has 0 spiro atoms. The van der Waals surface area contributed by atoms with E-state index in [1.807, 2.05) is 0 Å². The standard InChI is InChI=1S/C19H39B/c1-19(2,3)20-18-16-14-12-10-8-6-4-5-7-9-11-13-15-17-18/h18,20H,4-17H2,1-3H3. The molecule has 0 heterocycles. The zero-order valence-corrected chi connectivity index (χ0v) is 14.7. The molecule has 0 amide bonds. The summed E-state index contributed by atoms with van der Waals surface area (Å²) < 4.78 is 0. The van der Waals surface area contributed by atoms with Gasteiger partial charge in [0.2, 0.25) is 0 Å². The smallest absolute Gasteiger partial charge is 0.0671 e. The van der Waals surface area contributed by atoms with Crippen LogP contribution >= 0.6 is 0 Å². The highest BCUT2D eigenvalue weighted by molar-refractivity contribution is 6.41. The summed E-state index contributed by atoms with van der Waals surface area (Å²) in [5.41, 5.74) is 0. The molecule has 0 radical (unpaired) electrons. The van der Waals surface area contributed by atoms with Gasteiger partial charge in [-0.25, -0.2) is 0 Å².